The number of hydrogen-bond donors (Lipinski definition) is 2. The molecule has 2 fully saturated rings. The zero-order chi connectivity index (χ0) is 19.3. The lowest BCUT2D eigenvalue weighted by molar-refractivity contribution is -0.901. The highest BCUT2D eigenvalue weighted by atomic mass is 16.2. The van der Waals surface area contributed by atoms with Gasteiger partial charge in [-0.1, -0.05) is 44.0 Å². The van der Waals surface area contributed by atoms with Crippen LogP contribution >= 0.6 is 0 Å². The Morgan fingerprint density at radius 2 is 1.89 bits per heavy atom. The first kappa shape index (κ1) is 19.1. The van der Waals surface area contributed by atoms with Crippen molar-refractivity contribution < 1.29 is 9.69 Å². The molecule has 28 heavy (non-hydrogen) atoms. The van der Waals surface area contributed by atoms with Gasteiger partial charge in [-0.15, -0.1) is 10.2 Å². The fourth-order valence-electron chi connectivity index (χ4n) is 4.45. The zero-order valence-corrected chi connectivity index (χ0v) is 16.7. The lowest BCUT2D eigenvalue weighted by atomic mass is 9.86. The lowest BCUT2D eigenvalue weighted by Gasteiger charge is -2.29. The molecule has 0 radical (unpaired) electrons. The minimum absolute atomic E-state index is 0.0355. The van der Waals surface area contributed by atoms with Gasteiger partial charge in [0.05, 0.1) is 13.1 Å². The molecule has 150 valence electrons. The van der Waals surface area contributed by atoms with Gasteiger partial charge in [-0.05, 0) is 24.0 Å². The number of nitrogens with zero attached hydrogens (tertiary/aromatic N) is 4. The minimum Gasteiger partial charge on any atom is -0.351 e. The van der Waals surface area contributed by atoms with Crippen molar-refractivity contribution in [2.45, 2.75) is 64.6 Å². The van der Waals surface area contributed by atoms with Crippen molar-refractivity contribution in [3.05, 3.63) is 29.8 Å². The number of likely N-dealkylation sites (tertiary alicyclic amines) is 1. The highest BCUT2D eigenvalue weighted by Crippen LogP contribution is 2.23. The van der Waals surface area contributed by atoms with Gasteiger partial charge in [-0.2, -0.15) is 4.80 Å². The number of hydrogen-bond acceptors (Lipinski definition) is 4. The van der Waals surface area contributed by atoms with E-state index in [-0.39, 0.29) is 18.5 Å². The molecule has 0 spiro atoms. The summed E-state index contributed by atoms with van der Waals surface area (Å²) in [5.41, 5.74) is 2.28. The molecule has 2 N–H and O–H groups in total. The van der Waals surface area contributed by atoms with E-state index in [0.29, 0.717) is 11.7 Å². The van der Waals surface area contributed by atoms with E-state index in [4.69, 9.17) is 0 Å². The molecule has 2 atom stereocenters. The predicted octanol–water partition coefficient (Wildman–Crippen LogP) is 1.21. The summed E-state index contributed by atoms with van der Waals surface area (Å²) < 4.78 is 0. The van der Waals surface area contributed by atoms with Gasteiger partial charge in [-0.3, -0.25) is 4.79 Å². The monoisotopic (exact) mass is 383 g/mol. The maximum absolute atomic E-state index is 12.3. The molecule has 0 unspecified atom stereocenters. The average Bonchev–Trinajstić information content (AvgIpc) is 3.36. The second kappa shape index (κ2) is 8.82. The maximum atomic E-state index is 12.3. The number of nitrogens with one attached hydrogen (secondary N) is 2. The molecule has 1 saturated heterocycles. The van der Waals surface area contributed by atoms with Gasteiger partial charge in [0.2, 0.25) is 11.7 Å². The normalized spacial score (nSPS) is 23.0. The fraction of sp³-hybridized carbons (Fsp3) is 0.619. The Morgan fingerprint density at radius 1 is 1.14 bits per heavy atom. The van der Waals surface area contributed by atoms with Crippen LogP contribution in [0.1, 0.15) is 51.0 Å². The van der Waals surface area contributed by atoms with Crippen molar-refractivity contribution >= 4 is 5.91 Å². The van der Waals surface area contributed by atoms with Crippen LogP contribution in [0.25, 0.3) is 11.4 Å². The van der Waals surface area contributed by atoms with Gasteiger partial charge in [0.1, 0.15) is 13.1 Å². The molecule has 1 aromatic carbocycles. The van der Waals surface area contributed by atoms with Crippen molar-refractivity contribution in [1.82, 2.24) is 25.5 Å². The summed E-state index contributed by atoms with van der Waals surface area (Å²) in [6, 6.07) is 8.68. The second-order valence-corrected chi connectivity index (χ2v) is 8.41. The SMILES string of the molecule is C[C@H]1CCCC[C@@H]1NC(=O)Cn1nnc(-c2ccc(C[NH+]3CCCC3)cc2)n1. The van der Waals surface area contributed by atoms with Crippen molar-refractivity contribution in [2.24, 2.45) is 5.92 Å². The molecule has 1 aliphatic heterocycles. The van der Waals surface area contributed by atoms with E-state index in [1.807, 2.05) is 0 Å². The summed E-state index contributed by atoms with van der Waals surface area (Å²) in [4.78, 5) is 15.4. The molecule has 7 heteroatoms. The molecule has 1 aromatic heterocycles. The van der Waals surface area contributed by atoms with Crippen LogP contribution in [0.15, 0.2) is 24.3 Å². The van der Waals surface area contributed by atoms with Gasteiger partial charge in [0, 0.05) is 30.0 Å². The molecule has 1 amide bonds. The number of tetrazole rings is 1. The van der Waals surface area contributed by atoms with E-state index in [1.165, 1.54) is 55.6 Å². The minimum atomic E-state index is -0.0355. The molecule has 1 aliphatic carbocycles. The van der Waals surface area contributed by atoms with Crippen molar-refractivity contribution in [2.75, 3.05) is 13.1 Å². The number of carbonyl (C=O) groups is 1. The zero-order valence-electron chi connectivity index (χ0n) is 16.7. The topological polar surface area (TPSA) is 77.1 Å². The molecule has 4 rings (SSSR count). The third-order valence-corrected chi connectivity index (χ3v) is 6.17. The van der Waals surface area contributed by atoms with E-state index in [9.17, 15) is 4.79 Å². The number of quaternary nitrogens is 1. The van der Waals surface area contributed by atoms with Gasteiger partial charge in [0.15, 0.2) is 0 Å². The summed E-state index contributed by atoms with van der Waals surface area (Å²) in [6.07, 6.45) is 7.39. The van der Waals surface area contributed by atoms with Gasteiger partial charge >= 0.3 is 0 Å². The average molecular weight is 384 g/mol. The van der Waals surface area contributed by atoms with Crippen LogP contribution in [0.3, 0.4) is 0 Å². The molecule has 1 saturated carbocycles. The fourth-order valence-corrected chi connectivity index (χ4v) is 4.45. The first-order valence-electron chi connectivity index (χ1n) is 10.7. The predicted molar refractivity (Wildman–Crippen MR) is 106 cm³/mol. The summed E-state index contributed by atoms with van der Waals surface area (Å²) in [7, 11) is 0. The Kier molecular flexibility index (Phi) is 6.00. The maximum Gasteiger partial charge on any atom is 0.243 e. The quantitative estimate of drug-likeness (QED) is 0.786. The smallest absolute Gasteiger partial charge is 0.243 e. The Balaban J connectivity index is 1.32. The third-order valence-electron chi connectivity index (χ3n) is 6.17. The number of amides is 1. The van der Waals surface area contributed by atoms with Crippen LogP contribution in [-0.2, 0) is 17.9 Å². The Labute approximate surface area is 166 Å². The summed E-state index contributed by atoms with van der Waals surface area (Å²) >= 11 is 0. The van der Waals surface area contributed by atoms with Crippen molar-refractivity contribution in [3.8, 4) is 11.4 Å². The molecule has 2 aliphatic rings. The van der Waals surface area contributed by atoms with E-state index in [2.05, 4.69) is 51.9 Å². The summed E-state index contributed by atoms with van der Waals surface area (Å²) in [5, 5.41) is 15.7. The number of rotatable bonds is 6. The number of benzene rings is 1. The lowest BCUT2D eigenvalue weighted by Crippen LogP contribution is -3.08. The van der Waals surface area contributed by atoms with E-state index in [0.717, 1.165) is 18.5 Å². The van der Waals surface area contributed by atoms with E-state index >= 15 is 0 Å². The molecule has 0 bridgehead atoms. The largest absolute Gasteiger partial charge is 0.351 e. The van der Waals surface area contributed by atoms with Crippen molar-refractivity contribution in [1.29, 1.82) is 0 Å². The summed E-state index contributed by atoms with van der Waals surface area (Å²) in [5.74, 6) is 1.07. The first-order chi connectivity index (χ1) is 13.7. The van der Waals surface area contributed by atoms with Crippen LogP contribution in [-0.4, -0.2) is 45.2 Å². The van der Waals surface area contributed by atoms with Crippen LogP contribution in [0.4, 0.5) is 0 Å². The standard InChI is InChI=1S/C21H30N6O/c1-16-6-2-3-7-19(16)22-20(28)15-27-24-21(23-25-27)18-10-8-17(9-11-18)14-26-12-4-5-13-26/h8-11,16,19H,2-7,12-15H2,1H3,(H,22,28)/p+1/t16-,19-/m0/s1. The molecular formula is C21H31N6O+. The van der Waals surface area contributed by atoms with Crippen LogP contribution in [0.5, 0.6) is 0 Å². The molecule has 7 nitrogen and oxygen atoms in total. The van der Waals surface area contributed by atoms with E-state index in [1.54, 1.807) is 4.90 Å². The van der Waals surface area contributed by atoms with Gasteiger partial charge < -0.3 is 10.2 Å². The highest BCUT2D eigenvalue weighted by Gasteiger charge is 2.23. The van der Waals surface area contributed by atoms with Crippen LogP contribution in [0.2, 0.25) is 0 Å². The number of carbonyl (C=O) groups excluding carboxylic acids is 1. The van der Waals surface area contributed by atoms with Crippen LogP contribution in [0, 0.1) is 5.92 Å². The third kappa shape index (κ3) is 4.76. The van der Waals surface area contributed by atoms with Gasteiger partial charge in [0.25, 0.3) is 0 Å². The summed E-state index contributed by atoms with van der Waals surface area (Å²) in [6.45, 7) is 5.97. The van der Waals surface area contributed by atoms with Gasteiger partial charge in [-0.25, -0.2) is 0 Å². The van der Waals surface area contributed by atoms with Crippen LogP contribution < -0.4 is 10.2 Å². The van der Waals surface area contributed by atoms with E-state index < -0.39 is 0 Å². The molecule has 2 heterocycles. The van der Waals surface area contributed by atoms with Crippen molar-refractivity contribution in [3.63, 3.8) is 0 Å². The number of aromatic nitrogens is 4. The molecular weight excluding hydrogens is 352 g/mol. The molecule has 2 aromatic rings. The highest BCUT2D eigenvalue weighted by molar-refractivity contribution is 5.75. The first-order valence-corrected chi connectivity index (χ1v) is 10.7. The second-order valence-electron chi connectivity index (χ2n) is 8.41. The Bertz CT molecular complexity index is 780. The Morgan fingerprint density at radius 3 is 2.64 bits per heavy atom. The Hall–Kier alpha value is -2.28.